The molecule has 0 saturated carbocycles. The molecule has 1 aromatic carbocycles. The van der Waals surface area contributed by atoms with Crippen LogP contribution in [-0.2, 0) is 0 Å². The van der Waals surface area contributed by atoms with Gasteiger partial charge in [-0.25, -0.2) is 9.82 Å². The van der Waals surface area contributed by atoms with Gasteiger partial charge >= 0.3 is 0 Å². The van der Waals surface area contributed by atoms with Crippen LogP contribution < -0.4 is 11.3 Å². The Kier molecular flexibility index (Phi) is 3.79. The van der Waals surface area contributed by atoms with E-state index in [2.05, 4.69) is 5.43 Å². The largest absolute Gasteiger partial charge is 0.271 e. The molecule has 0 saturated heterocycles. The van der Waals surface area contributed by atoms with Crippen molar-refractivity contribution in [3.63, 3.8) is 0 Å². The van der Waals surface area contributed by atoms with Crippen molar-refractivity contribution in [3.05, 3.63) is 56.5 Å². The highest BCUT2D eigenvalue weighted by molar-refractivity contribution is 7.10. The lowest BCUT2D eigenvalue weighted by molar-refractivity contribution is 0.560. The molecule has 0 amide bonds. The molecule has 1 aromatic heterocycles. The normalized spacial score (nSPS) is 12.7. The zero-order valence-electron chi connectivity index (χ0n) is 9.21. The second kappa shape index (κ2) is 5.14. The SMILES string of the molecule is Cc1sccc1C(NN)c1ccc(Cl)cc1F. The van der Waals surface area contributed by atoms with Gasteiger partial charge in [-0.1, -0.05) is 17.7 Å². The predicted octanol–water partition coefficient (Wildman–Crippen LogP) is 3.40. The van der Waals surface area contributed by atoms with E-state index in [4.69, 9.17) is 17.4 Å². The molecule has 2 rings (SSSR count). The fraction of sp³-hybridized carbons (Fsp3) is 0.167. The Labute approximate surface area is 108 Å². The van der Waals surface area contributed by atoms with Gasteiger partial charge < -0.3 is 0 Å². The van der Waals surface area contributed by atoms with Gasteiger partial charge in [0.25, 0.3) is 0 Å². The lowest BCUT2D eigenvalue weighted by Crippen LogP contribution is -2.29. The molecular formula is C12H12ClFN2S. The van der Waals surface area contributed by atoms with Crippen molar-refractivity contribution >= 4 is 22.9 Å². The van der Waals surface area contributed by atoms with Crippen molar-refractivity contribution in [2.75, 3.05) is 0 Å². The molecule has 1 atom stereocenters. The van der Waals surface area contributed by atoms with Crippen molar-refractivity contribution in [1.29, 1.82) is 0 Å². The van der Waals surface area contributed by atoms with Gasteiger partial charge in [-0.2, -0.15) is 0 Å². The summed E-state index contributed by atoms with van der Waals surface area (Å²) in [5.74, 6) is 5.17. The summed E-state index contributed by atoms with van der Waals surface area (Å²) in [6, 6.07) is 6.20. The zero-order chi connectivity index (χ0) is 12.4. The average molecular weight is 271 g/mol. The number of hydrogen-bond acceptors (Lipinski definition) is 3. The summed E-state index contributed by atoms with van der Waals surface area (Å²) in [6.45, 7) is 1.98. The lowest BCUT2D eigenvalue weighted by Gasteiger charge is -2.17. The maximum Gasteiger partial charge on any atom is 0.129 e. The molecule has 0 radical (unpaired) electrons. The first-order chi connectivity index (χ1) is 8.13. The third-order valence-electron chi connectivity index (χ3n) is 2.65. The maximum atomic E-state index is 13.8. The van der Waals surface area contributed by atoms with Gasteiger partial charge in [-0.3, -0.25) is 5.84 Å². The molecule has 0 aliphatic heterocycles. The minimum Gasteiger partial charge on any atom is -0.271 e. The minimum atomic E-state index is -0.356. The number of thiophene rings is 1. The van der Waals surface area contributed by atoms with Gasteiger partial charge in [-0.05, 0) is 36.1 Å². The maximum absolute atomic E-state index is 13.8. The van der Waals surface area contributed by atoms with E-state index in [1.165, 1.54) is 6.07 Å². The monoisotopic (exact) mass is 270 g/mol. The van der Waals surface area contributed by atoms with E-state index in [1.54, 1.807) is 23.5 Å². The summed E-state index contributed by atoms with van der Waals surface area (Å²) in [4.78, 5) is 1.11. The standard InChI is InChI=1S/C12H12ClFN2S/c1-7-9(4-5-17-7)12(16-15)10-3-2-8(13)6-11(10)14/h2-6,12,16H,15H2,1H3. The van der Waals surface area contributed by atoms with E-state index in [-0.39, 0.29) is 11.9 Å². The average Bonchev–Trinajstić information content (AvgIpc) is 2.69. The van der Waals surface area contributed by atoms with Crippen LogP contribution in [0.5, 0.6) is 0 Å². The fourth-order valence-electron chi connectivity index (χ4n) is 1.78. The van der Waals surface area contributed by atoms with Crippen LogP contribution in [0.3, 0.4) is 0 Å². The summed E-state index contributed by atoms with van der Waals surface area (Å²) in [7, 11) is 0. The van der Waals surface area contributed by atoms with E-state index in [0.29, 0.717) is 10.6 Å². The number of nitrogens with two attached hydrogens (primary N) is 1. The van der Waals surface area contributed by atoms with Crippen molar-refractivity contribution in [2.24, 2.45) is 5.84 Å². The molecule has 90 valence electrons. The third-order valence-corrected chi connectivity index (χ3v) is 3.75. The van der Waals surface area contributed by atoms with Crippen LogP contribution in [0.4, 0.5) is 4.39 Å². The molecule has 1 unspecified atom stereocenters. The van der Waals surface area contributed by atoms with Crippen LogP contribution in [0.2, 0.25) is 5.02 Å². The van der Waals surface area contributed by atoms with Crippen LogP contribution in [0.15, 0.2) is 29.6 Å². The molecule has 0 fully saturated rings. The van der Waals surface area contributed by atoms with Crippen LogP contribution in [0, 0.1) is 12.7 Å². The van der Waals surface area contributed by atoms with Gasteiger partial charge in [0.1, 0.15) is 5.82 Å². The second-order valence-electron chi connectivity index (χ2n) is 3.70. The number of nitrogens with one attached hydrogen (secondary N) is 1. The second-order valence-corrected chi connectivity index (χ2v) is 5.25. The molecule has 0 aliphatic carbocycles. The molecule has 5 heteroatoms. The van der Waals surface area contributed by atoms with E-state index in [1.807, 2.05) is 18.4 Å². The van der Waals surface area contributed by atoms with Gasteiger partial charge in [0, 0.05) is 15.5 Å². The predicted molar refractivity (Wildman–Crippen MR) is 69.6 cm³/mol. The van der Waals surface area contributed by atoms with Gasteiger partial charge in [0.15, 0.2) is 0 Å². The number of hydrazine groups is 1. The number of rotatable bonds is 3. The van der Waals surface area contributed by atoms with Gasteiger partial charge in [0.05, 0.1) is 6.04 Å². The van der Waals surface area contributed by atoms with E-state index >= 15 is 0 Å². The molecule has 3 N–H and O–H groups in total. The minimum absolute atomic E-state index is 0.349. The van der Waals surface area contributed by atoms with E-state index in [9.17, 15) is 4.39 Å². The summed E-state index contributed by atoms with van der Waals surface area (Å²) >= 11 is 7.34. The molecule has 2 aromatic rings. The van der Waals surface area contributed by atoms with Crippen LogP contribution in [0.1, 0.15) is 22.0 Å². The molecule has 0 bridgehead atoms. The Morgan fingerprint density at radius 2 is 2.12 bits per heavy atom. The topological polar surface area (TPSA) is 38.0 Å². The van der Waals surface area contributed by atoms with E-state index < -0.39 is 0 Å². The van der Waals surface area contributed by atoms with Crippen molar-refractivity contribution in [1.82, 2.24) is 5.43 Å². The van der Waals surface area contributed by atoms with E-state index in [0.717, 1.165) is 10.4 Å². The Hall–Kier alpha value is -0.940. The first-order valence-electron chi connectivity index (χ1n) is 5.08. The molecule has 1 heterocycles. The summed E-state index contributed by atoms with van der Waals surface area (Å²) in [6.07, 6.45) is 0. The molecule has 2 nitrogen and oxygen atoms in total. The molecular weight excluding hydrogens is 259 g/mol. The third kappa shape index (κ3) is 2.50. The quantitative estimate of drug-likeness (QED) is 0.663. The highest BCUT2D eigenvalue weighted by Crippen LogP contribution is 2.30. The smallest absolute Gasteiger partial charge is 0.129 e. The van der Waals surface area contributed by atoms with Crippen LogP contribution in [-0.4, -0.2) is 0 Å². The van der Waals surface area contributed by atoms with Gasteiger partial charge in [-0.15, -0.1) is 11.3 Å². The van der Waals surface area contributed by atoms with Gasteiger partial charge in [0.2, 0.25) is 0 Å². The zero-order valence-corrected chi connectivity index (χ0v) is 10.8. The van der Waals surface area contributed by atoms with Crippen LogP contribution >= 0.6 is 22.9 Å². The Bertz CT molecular complexity index is 527. The summed E-state index contributed by atoms with van der Waals surface area (Å²) < 4.78 is 13.8. The molecule has 0 aliphatic rings. The van der Waals surface area contributed by atoms with Crippen molar-refractivity contribution in [2.45, 2.75) is 13.0 Å². The summed E-state index contributed by atoms with van der Waals surface area (Å²) in [5.41, 5.74) is 4.13. The Balaban J connectivity index is 2.46. The fourth-order valence-corrected chi connectivity index (χ4v) is 2.68. The first kappa shape index (κ1) is 12.5. The molecule has 17 heavy (non-hydrogen) atoms. The number of benzene rings is 1. The molecule has 0 spiro atoms. The highest BCUT2D eigenvalue weighted by atomic mass is 35.5. The number of hydrogen-bond donors (Lipinski definition) is 2. The van der Waals surface area contributed by atoms with Crippen molar-refractivity contribution in [3.8, 4) is 0 Å². The highest BCUT2D eigenvalue weighted by Gasteiger charge is 2.19. The number of aryl methyl sites for hydroxylation is 1. The lowest BCUT2D eigenvalue weighted by atomic mass is 10.00. The first-order valence-corrected chi connectivity index (χ1v) is 6.34. The van der Waals surface area contributed by atoms with Crippen LogP contribution in [0.25, 0.3) is 0 Å². The summed E-state index contributed by atoms with van der Waals surface area (Å²) in [5, 5.41) is 2.34. The van der Waals surface area contributed by atoms with Crippen molar-refractivity contribution < 1.29 is 4.39 Å². The Morgan fingerprint density at radius 3 is 2.65 bits per heavy atom. The Morgan fingerprint density at radius 1 is 1.35 bits per heavy atom. The number of halogens is 2.